The van der Waals surface area contributed by atoms with Gasteiger partial charge in [0.1, 0.15) is 24.1 Å². The number of amides is 2. The predicted molar refractivity (Wildman–Crippen MR) is 164 cm³/mol. The zero-order valence-corrected chi connectivity index (χ0v) is 26.0. The van der Waals surface area contributed by atoms with E-state index in [2.05, 4.69) is 5.32 Å². The van der Waals surface area contributed by atoms with Crippen LogP contribution in [0.5, 0.6) is 11.5 Å². The summed E-state index contributed by atoms with van der Waals surface area (Å²) in [6.07, 6.45) is 0.729. The first-order valence-electron chi connectivity index (χ1n) is 14.0. The van der Waals surface area contributed by atoms with Gasteiger partial charge < -0.3 is 19.7 Å². The Morgan fingerprint density at radius 1 is 0.881 bits per heavy atom. The smallest absolute Gasteiger partial charge is 0.264 e. The molecule has 0 heterocycles. The molecule has 0 bridgehead atoms. The van der Waals surface area contributed by atoms with Crippen LogP contribution in [0, 0.1) is 6.92 Å². The molecule has 0 aromatic heterocycles. The molecule has 3 rings (SSSR count). The highest BCUT2D eigenvalue weighted by Crippen LogP contribution is 2.26. The number of methoxy groups -OCH3 is 1. The highest BCUT2D eigenvalue weighted by molar-refractivity contribution is 7.92. The van der Waals surface area contributed by atoms with Gasteiger partial charge in [-0.05, 0) is 88.2 Å². The van der Waals surface area contributed by atoms with Crippen molar-refractivity contribution in [2.24, 2.45) is 0 Å². The van der Waals surface area contributed by atoms with Crippen LogP contribution in [0.3, 0.4) is 0 Å². The summed E-state index contributed by atoms with van der Waals surface area (Å²) in [5.41, 5.74) is 2.05. The topological polar surface area (TPSA) is 105 Å². The minimum absolute atomic E-state index is 0.0172. The van der Waals surface area contributed by atoms with Crippen molar-refractivity contribution in [3.05, 3.63) is 83.9 Å². The molecule has 10 heteroatoms. The van der Waals surface area contributed by atoms with E-state index < -0.39 is 28.5 Å². The molecule has 0 radical (unpaired) electrons. The number of nitrogens with zero attached hydrogens (tertiary/aromatic N) is 2. The number of benzene rings is 3. The van der Waals surface area contributed by atoms with Crippen molar-refractivity contribution in [2.75, 3.05) is 24.6 Å². The fourth-order valence-corrected chi connectivity index (χ4v) is 5.63. The Morgan fingerprint density at radius 3 is 2.02 bits per heavy atom. The number of aryl methyl sites for hydroxylation is 1. The molecule has 0 aliphatic rings. The number of hydrogen-bond donors (Lipinski definition) is 1. The lowest BCUT2D eigenvalue weighted by Crippen LogP contribution is -2.52. The van der Waals surface area contributed by atoms with E-state index >= 15 is 0 Å². The van der Waals surface area contributed by atoms with E-state index in [9.17, 15) is 18.0 Å². The second kappa shape index (κ2) is 14.7. The quantitative estimate of drug-likeness (QED) is 0.283. The average Bonchev–Trinajstić information content (AvgIpc) is 2.99. The van der Waals surface area contributed by atoms with E-state index in [0.717, 1.165) is 21.9 Å². The summed E-state index contributed by atoms with van der Waals surface area (Å²) >= 11 is 0. The van der Waals surface area contributed by atoms with Crippen molar-refractivity contribution in [3.63, 3.8) is 0 Å². The van der Waals surface area contributed by atoms with E-state index in [1.807, 2.05) is 39.8 Å². The minimum atomic E-state index is -4.16. The molecular weight excluding hydrogens is 554 g/mol. The number of hydrogen-bond acceptors (Lipinski definition) is 6. The maximum atomic E-state index is 14.0. The van der Waals surface area contributed by atoms with Gasteiger partial charge in [-0.25, -0.2) is 8.42 Å². The number of ether oxygens (including phenoxy) is 2. The number of nitrogens with one attached hydrogen (secondary N) is 1. The first kappa shape index (κ1) is 32.5. The van der Waals surface area contributed by atoms with Gasteiger partial charge in [-0.2, -0.15) is 0 Å². The highest BCUT2D eigenvalue weighted by Gasteiger charge is 2.32. The van der Waals surface area contributed by atoms with Gasteiger partial charge in [0.15, 0.2) is 0 Å². The SMILES string of the molecule is CCOc1ccc(S(=O)(=O)N(CC(=O)N(Cc2ccc(OC)cc2)[C@H](C)C(=O)N[C@H](C)CC)c2ccc(C)cc2)cc1. The van der Waals surface area contributed by atoms with Crippen molar-refractivity contribution in [1.29, 1.82) is 0 Å². The maximum absolute atomic E-state index is 14.0. The molecule has 0 unspecified atom stereocenters. The summed E-state index contributed by atoms with van der Waals surface area (Å²) in [6, 6.07) is 19.2. The summed E-state index contributed by atoms with van der Waals surface area (Å²) in [5.74, 6) is 0.364. The Morgan fingerprint density at radius 2 is 1.48 bits per heavy atom. The third-order valence-electron chi connectivity index (χ3n) is 7.00. The first-order chi connectivity index (χ1) is 20.0. The molecule has 3 aromatic rings. The largest absolute Gasteiger partial charge is 0.497 e. The molecule has 0 aliphatic heterocycles. The molecule has 0 saturated heterocycles. The zero-order chi connectivity index (χ0) is 30.9. The molecule has 0 saturated carbocycles. The first-order valence-corrected chi connectivity index (χ1v) is 15.5. The van der Waals surface area contributed by atoms with E-state index in [4.69, 9.17) is 9.47 Å². The van der Waals surface area contributed by atoms with Crippen molar-refractivity contribution < 1.29 is 27.5 Å². The van der Waals surface area contributed by atoms with Crippen molar-refractivity contribution in [1.82, 2.24) is 10.2 Å². The van der Waals surface area contributed by atoms with Crippen LogP contribution in [0.1, 0.15) is 45.2 Å². The van der Waals surface area contributed by atoms with Gasteiger partial charge in [0, 0.05) is 12.6 Å². The molecule has 0 fully saturated rings. The van der Waals surface area contributed by atoms with Crippen LogP contribution in [-0.4, -0.2) is 57.5 Å². The van der Waals surface area contributed by atoms with Crippen LogP contribution < -0.4 is 19.1 Å². The Hall–Kier alpha value is -4.05. The average molecular weight is 596 g/mol. The summed E-state index contributed by atoms with van der Waals surface area (Å²) in [4.78, 5) is 28.6. The second-order valence-corrected chi connectivity index (χ2v) is 12.0. The molecule has 42 heavy (non-hydrogen) atoms. The molecule has 0 aliphatic carbocycles. The van der Waals surface area contributed by atoms with Gasteiger partial charge in [-0.1, -0.05) is 36.8 Å². The van der Waals surface area contributed by atoms with E-state index in [1.54, 1.807) is 62.6 Å². The standard InChI is InChI=1S/C32H41N3O6S/c1-7-24(4)33-32(37)25(5)34(21-26-11-15-28(40-6)16-12-26)31(36)22-35(27-13-9-23(3)10-14-27)42(38,39)30-19-17-29(18-20-30)41-8-2/h9-20,24-25H,7-8,21-22H2,1-6H3,(H,33,37)/t24-,25-/m1/s1. The van der Waals surface area contributed by atoms with Crippen LogP contribution in [-0.2, 0) is 26.2 Å². The molecule has 2 atom stereocenters. The number of sulfonamides is 1. The van der Waals surface area contributed by atoms with Crippen LogP contribution in [0.2, 0.25) is 0 Å². The zero-order valence-electron chi connectivity index (χ0n) is 25.2. The number of carbonyl (C=O) groups is 2. The Balaban J connectivity index is 2.01. The Labute approximate surface area is 249 Å². The summed E-state index contributed by atoms with van der Waals surface area (Å²) in [5, 5.41) is 2.94. The van der Waals surface area contributed by atoms with Crippen LogP contribution in [0.25, 0.3) is 0 Å². The Kier molecular flexibility index (Phi) is 11.4. The Bertz CT molecular complexity index is 1420. The number of carbonyl (C=O) groups excluding carboxylic acids is 2. The third-order valence-corrected chi connectivity index (χ3v) is 8.79. The van der Waals surface area contributed by atoms with Crippen molar-refractivity contribution >= 4 is 27.5 Å². The molecular formula is C32H41N3O6S. The fraction of sp³-hybridized carbons (Fsp3) is 0.375. The van der Waals surface area contributed by atoms with Crippen molar-refractivity contribution in [3.8, 4) is 11.5 Å². The summed E-state index contributed by atoms with van der Waals surface area (Å²) < 4.78 is 39.8. The number of rotatable bonds is 14. The predicted octanol–water partition coefficient (Wildman–Crippen LogP) is 4.93. The van der Waals surface area contributed by atoms with Crippen LogP contribution in [0.4, 0.5) is 5.69 Å². The van der Waals surface area contributed by atoms with E-state index in [1.165, 1.54) is 17.0 Å². The van der Waals surface area contributed by atoms with E-state index in [0.29, 0.717) is 23.8 Å². The van der Waals surface area contributed by atoms with Gasteiger partial charge in [-0.3, -0.25) is 13.9 Å². The molecule has 0 spiro atoms. The lowest BCUT2D eigenvalue weighted by atomic mass is 10.1. The van der Waals surface area contributed by atoms with Gasteiger partial charge in [0.25, 0.3) is 10.0 Å². The second-order valence-electron chi connectivity index (χ2n) is 10.1. The van der Waals surface area contributed by atoms with Gasteiger partial charge in [0.2, 0.25) is 11.8 Å². The van der Waals surface area contributed by atoms with Gasteiger partial charge >= 0.3 is 0 Å². The van der Waals surface area contributed by atoms with Crippen molar-refractivity contribution in [2.45, 2.75) is 64.6 Å². The molecule has 1 N–H and O–H groups in total. The third kappa shape index (κ3) is 8.25. The lowest BCUT2D eigenvalue weighted by Gasteiger charge is -2.32. The monoisotopic (exact) mass is 595 g/mol. The van der Waals surface area contributed by atoms with Crippen LogP contribution in [0.15, 0.2) is 77.7 Å². The molecule has 3 aromatic carbocycles. The molecule has 9 nitrogen and oxygen atoms in total. The van der Waals surface area contributed by atoms with Gasteiger partial charge in [-0.15, -0.1) is 0 Å². The fourth-order valence-electron chi connectivity index (χ4n) is 4.22. The number of anilines is 1. The molecule has 2 amide bonds. The van der Waals surface area contributed by atoms with Crippen LogP contribution >= 0.6 is 0 Å². The maximum Gasteiger partial charge on any atom is 0.264 e. The lowest BCUT2D eigenvalue weighted by molar-refractivity contribution is -0.139. The van der Waals surface area contributed by atoms with E-state index in [-0.39, 0.29) is 23.4 Å². The minimum Gasteiger partial charge on any atom is -0.497 e. The molecule has 226 valence electrons. The summed E-state index contributed by atoms with van der Waals surface area (Å²) in [6.45, 7) is 9.28. The summed E-state index contributed by atoms with van der Waals surface area (Å²) in [7, 11) is -2.60. The normalized spacial score (nSPS) is 12.6. The highest BCUT2D eigenvalue weighted by atomic mass is 32.2. The van der Waals surface area contributed by atoms with Gasteiger partial charge in [0.05, 0.1) is 24.3 Å².